The Kier molecular flexibility index (Phi) is 7.75. The van der Waals surface area contributed by atoms with Crippen molar-refractivity contribution in [3.63, 3.8) is 0 Å². The number of aliphatic imine (C=N–C) groups is 1. The summed E-state index contributed by atoms with van der Waals surface area (Å²) in [6.07, 6.45) is 3.61. The van der Waals surface area contributed by atoms with Crippen LogP contribution in [0.25, 0.3) is 0 Å². The number of benzene rings is 2. The molecule has 1 fully saturated rings. The Morgan fingerprint density at radius 3 is 2.60 bits per heavy atom. The van der Waals surface area contributed by atoms with E-state index in [2.05, 4.69) is 15.2 Å². The molecular formula is C29H34N6O4S. The van der Waals surface area contributed by atoms with Gasteiger partial charge in [0.2, 0.25) is 5.91 Å². The number of carbonyl (C=O) groups is 1. The summed E-state index contributed by atoms with van der Waals surface area (Å²) in [5.41, 5.74) is 9.43. The Balaban J connectivity index is 1.42. The molecule has 2 aliphatic heterocycles. The highest BCUT2D eigenvalue weighted by Crippen LogP contribution is 2.32. The molecule has 2 aromatic carbocycles. The molecule has 10 nitrogen and oxygen atoms in total. The molecular weight excluding hydrogens is 528 g/mol. The van der Waals surface area contributed by atoms with Crippen molar-refractivity contribution < 1.29 is 17.9 Å². The molecule has 0 spiro atoms. The van der Waals surface area contributed by atoms with Gasteiger partial charge in [0.05, 0.1) is 40.7 Å². The third-order valence-electron chi connectivity index (χ3n) is 7.48. The number of ether oxygens (including phenoxy) is 1. The quantitative estimate of drug-likeness (QED) is 0.403. The average molecular weight is 563 g/mol. The molecule has 1 saturated heterocycles. The number of nitrogens with two attached hydrogens (primary N) is 1. The van der Waals surface area contributed by atoms with Crippen LogP contribution >= 0.6 is 0 Å². The minimum atomic E-state index is -3.51. The molecule has 2 aliphatic rings. The van der Waals surface area contributed by atoms with Crippen molar-refractivity contribution in [1.82, 2.24) is 9.97 Å². The maximum Gasteiger partial charge on any atom is 0.220 e. The number of hydrogen-bond donors (Lipinski definition) is 2. The number of sulfone groups is 1. The first-order valence-electron chi connectivity index (χ1n) is 13.4. The Morgan fingerprint density at radius 1 is 1.15 bits per heavy atom. The summed E-state index contributed by atoms with van der Waals surface area (Å²) in [6.45, 7) is 5.28. The topological polar surface area (TPSA) is 140 Å². The normalized spacial score (nSPS) is 15.3. The Morgan fingerprint density at radius 2 is 1.90 bits per heavy atom. The Bertz CT molecular complexity index is 1560. The largest absolute Gasteiger partial charge is 0.496 e. The van der Waals surface area contributed by atoms with Gasteiger partial charge in [-0.15, -0.1) is 0 Å². The van der Waals surface area contributed by atoms with Crippen LogP contribution in [0.15, 0.2) is 52.4 Å². The van der Waals surface area contributed by atoms with Crippen LogP contribution < -0.4 is 20.7 Å². The first-order chi connectivity index (χ1) is 19.2. The predicted octanol–water partition coefficient (Wildman–Crippen LogP) is 3.64. The molecule has 1 aromatic heterocycles. The maximum absolute atomic E-state index is 13.0. The van der Waals surface area contributed by atoms with Gasteiger partial charge in [-0.25, -0.2) is 18.4 Å². The number of fused-ring (bicyclic) bond motifs is 1. The van der Waals surface area contributed by atoms with Crippen LogP contribution in [0.3, 0.4) is 0 Å². The van der Waals surface area contributed by atoms with E-state index in [0.717, 1.165) is 54.2 Å². The number of carbonyl (C=O) groups excluding carboxylic acids is 1. The maximum atomic E-state index is 13.0. The minimum absolute atomic E-state index is 0.0707. The molecule has 11 heteroatoms. The van der Waals surface area contributed by atoms with Gasteiger partial charge in [0.15, 0.2) is 9.84 Å². The number of hydrogen-bond acceptors (Lipinski definition) is 9. The van der Waals surface area contributed by atoms with Crippen molar-refractivity contribution in [2.24, 2.45) is 16.6 Å². The van der Waals surface area contributed by atoms with Crippen molar-refractivity contribution in [3.8, 4) is 5.75 Å². The molecule has 5 rings (SSSR count). The molecule has 0 radical (unpaired) electrons. The molecule has 3 aromatic rings. The van der Waals surface area contributed by atoms with E-state index in [1.165, 1.54) is 0 Å². The van der Waals surface area contributed by atoms with E-state index in [0.29, 0.717) is 30.3 Å². The van der Waals surface area contributed by atoms with E-state index in [-0.39, 0.29) is 16.7 Å². The number of nitrogens with one attached hydrogen (secondary N) is 1. The summed E-state index contributed by atoms with van der Waals surface area (Å²) in [6, 6.07) is 12.9. The molecule has 0 atom stereocenters. The molecule has 40 heavy (non-hydrogen) atoms. The summed E-state index contributed by atoms with van der Waals surface area (Å²) in [5.74, 6) is 1.51. The van der Waals surface area contributed by atoms with Gasteiger partial charge < -0.3 is 20.7 Å². The van der Waals surface area contributed by atoms with Gasteiger partial charge in [-0.1, -0.05) is 18.2 Å². The molecule has 3 N–H and O–H groups in total. The first kappa shape index (κ1) is 27.6. The zero-order valence-corrected chi connectivity index (χ0v) is 23.7. The second-order valence-corrected chi connectivity index (χ2v) is 12.8. The number of para-hydroxylation sites is 1. The fourth-order valence-electron chi connectivity index (χ4n) is 5.09. The minimum Gasteiger partial charge on any atom is -0.496 e. The van der Waals surface area contributed by atoms with Crippen LogP contribution in [-0.4, -0.2) is 56.0 Å². The number of piperidine rings is 1. The van der Waals surface area contributed by atoms with Crippen molar-refractivity contribution in [2.45, 2.75) is 49.8 Å². The molecule has 0 bridgehead atoms. The molecule has 1 amide bonds. The van der Waals surface area contributed by atoms with E-state index < -0.39 is 15.1 Å². The van der Waals surface area contributed by atoms with E-state index in [1.54, 1.807) is 51.4 Å². The van der Waals surface area contributed by atoms with Gasteiger partial charge in [0.25, 0.3) is 0 Å². The fourth-order valence-corrected chi connectivity index (χ4v) is 6.29. The number of primary amides is 1. The molecule has 0 saturated carbocycles. The Hall–Kier alpha value is -3.99. The Labute approximate surface area is 234 Å². The highest BCUT2D eigenvalue weighted by molar-refractivity contribution is 7.92. The van der Waals surface area contributed by atoms with Crippen molar-refractivity contribution in [1.29, 1.82) is 0 Å². The molecule has 210 valence electrons. The van der Waals surface area contributed by atoms with E-state index >= 15 is 0 Å². The lowest BCUT2D eigenvalue weighted by atomic mass is 9.95. The summed E-state index contributed by atoms with van der Waals surface area (Å²) < 4.78 is 31.8. The second kappa shape index (κ2) is 11.2. The van der Waals surface area contributed by atoms with Crippen LogP contribution in [0.5, 0.6) is 5.75 Å². The monoisotopic (exact) mass is 562 g/mol. The van der Waals surface area contributed by atoms with Gasteiger partial charge in [-0.2, -0.15) is 0 Å². The van der Waals surface area contributed by atoms with Crippen LogP contribution in [-0.2, 0) is 27.6 Å². The number of aromatic nitrogens is 2. The summed E-state index contributed by atoms with van der Waals surface area (Å²) >= 11 is 0. The zero-order valence-electron chi connectivity index (χ0n) is 22.9. The van der Waals surface area contributed by atoms with Crippen molar-refractivity contribution in [3.05, 3.63) is 65.1 Å². The zero-order chi connectivity index (χ0) is 28.4. The number of amides is 1. The lowest BCUT2D eigenvalue weighted by molar-refractivity contribution is -0.122. The number of methoxy groups -OCH3 is 1. The van der Waals surface area contributed by atoms with Crippen molar-refractivity contribution in [2.75, 3.05) is 30.4 Å². The standard InChI is InChI=1S/C29H34N6O4S/c1-18(2)40(37,38)26-7-5-4-6-23(26)33-29-22-16-31-17-24(22)32-27(34-29)14-20-8-9-21(15-25(20)39-3)35-12-10-19(11-13-35)28(30)36/h4-9,15-16,18-19H,10-14,17H2,1-3H3,(H2,30,36)(H,32,33,34). The van der Waals surface area contributed by atoms with E-state index in [4.69, 9.17) is 20.4 Å². The highest BCUT2D eigenvalue weighted by Gasteiger charge is 2.26. The summed E-state index contributed by atoms with van der Waals surface area (Å²) in [4.78, 5) is 27.9. The van der Waals surface area contributed by atoms with E-state index in [9.17, 15) is 13.2 Å². The van der Waals surface area contributed by atoms with Crippen LogP contribution in [0.1, 0.15) is 49.3 Å². The third-order valence-corrected chi connectivity index (χ3v) is 9.69. The molecule has 0 unspecified atom stereocenters. The SMILES string of the molecule is COc1cc(N2CCC(C(N)=O)CC2)ccc1Cc1nc2c(c(Nc3ccccc3S(=O)(=O)C(C)C)n1)C=NC2. The van der Waals surface area contributed by atoms with Crippen LogP contribution in [0.4, 0.5) is 17.2 Å². The van der Waals surface area contributed by atoms with Gasteiger partial charge in [0, 0.05) is 49.0 Å². The lowest BCUT2D eigenvalue weighted by Crippen LogP contribution is -2.38. The average Bonchev–Trinajstić information content (AvgIpc) is 3.42. The number of anilines is 3. The first-order valence-corrected chi connectivity index (χ1v) is 14.9. The lowest BCUT2D eigenvalue weighted by Gasteiger charge is -2.32. The van der Waals surface area contributed by atoms with Crippen molar-refractivity contribution >= 4 is 39.2 Å². The fraction of sp³-hybridized carbons (Fsp3) is 0.379. The van der Waals surface area contributed by atoms with Gasteiger partial charge in [-0.05, 0) is 44.9 Å². The van der Waals surface area contributed by atoms with Crippen LogP contribution in [0, 0.1) is 5.92 Å². The predicted molar refractivity (Wildman–Crippen MR) is 155 cm³/mol. The molecule has 3 heterocycles. The van der Waals surface area contributed by atoms with E-state index in [1.807, 2.05) is 18.2 Å². The van der Waals surface area contributed by atoms with Gasteiger partial charge in [-0.3, -0.25) is 9.79 Å². The third kappa shape index (κ3) is 5.51. The van der Waals surface area contributed by atoms with Gasteiger partial charge in [0.1, 0.15) is 17.4 Å². The molecule has 0 aliphatic carbocycles. The number of rotatable bonds is 9. The van der Waals surface area contributed by atoms with Crippen LogP contribution in [0.2, 0.25) is 0 Å². The highest BCUT2D eigenvalue weighted by atomic mass is 32.2. The summed E-state index contributed by atoms with van der Waals surface area (Å²) in [7, 11) is -1.88. The smallest absolute Gasteiger partial charge is 0.220 e. The number of nitrogens with zero attached hydrogens (tertiary/aromatic N) is 4. The summed E-state index contributed by atoms with van der Waals surface area (Å²) in [5, 5.41) is 2.70. The van der Waals surface area contributed by atoms with Gasteiger partial charge >= 0.3 is 0 Å². The second-order valence-electron chi connectivity index (χ2n) is 10.4.